The molecule has 0 spiro atoms. The van der Waals surface area contributed by atoms with E-state index in [9.17, 15) is 9.59 Å². The van der Waals surface area contributed by atoms with Gasteiger partial charge in [-0.1, -0.05) is 12.5 Å². The maximum atomic E-state index is 12.2. The summed E-state index contributed by atoms with van der Waals surface area (Å²) < 4.78 is 5.09. The molecule has 0 saturated carbocycles. The SMILES string of the molecule is CC/C(C)=C/C(=O)N1CCCC1(COC)C(N)=O. The zero-order chi connectivity index (χ0) is 13.8. The Morgan fingerprint density at radius 1 is 1.50 bits per heavy atom. The summed E-state index contributed by atoms with van der Waals surface area (Å²) in [5.74, 6) is -0.638. The van der Waals surface area contributed by atoms with Crippen molar-refractivity contribution in [3.05, 3.63) is 11.6 Å². The number of primary amides is 1. The molecule has 1 aliphatic heterocycles. The van der Waals surface area contributed by atoms with Gasteiger partial charge in [-0.2, -0.15) is 0 Å². The van der Waals surface area contributed by atoms with Crippen molar-refractivity contribution in [3.8, 4) is 0 Å². The molecule has 1 heterocycles. The number of rotatable bonds is 5. The monoisotopic (exact) mass is 254 g/mol. The Kier molecular flexibility index (Phi) is 4.90. The van der Waals surface area contributed by atoms with Gasteiger partial charge in [0, 0.05) is 19.7 Å². The van der Waals surface area contributed by atoms with E-state index in [4.69, 9.17) is 10.5 Å². The molecule has 1 fully saturated rings. The molecule has 2 amide bonds. The van der Waals surface area contributed by atoms with Crippen molar-refractivity contribution in [1.29, 1.82) is 0 Å². The van der Waals surface area contributed by atoms with Crippen LogP contribution < -0.4 is 5.73 Å². The first-order valence-electron chi connectivity index (χ1n) is 6.25. The maximum Gasteiger partial charge on any atom is 0.247 e. The van der Waals surface area contributed by atoms with Crippen LogP contribution in [0.3, 0.4) is 0 Å². The van der Waals surface area contributed by atoms with Crippen LogP contribution >= 0.6 is 0 Å². The number of carbonyl (C=O) groups is 2. The summed E-state index contributed by atoms with van der Waals surface area (Å²) in [6.07, 6.45) is 3.74. The number of carbonyl (C=O) groups excluding carboxylic acids is 2. The van der Waals surface area contributed by atoms with Crippen LogP contribution in [0.5, 0.6) is 0 Å². The lowest BCUT2D eigenvalue weighted by molar-refractivity contribution is -0.143. The van der Waals surface area contributed by atoms with Crippen molar-refractivity contribution in [1.82, 2.24) is 4.90 Å². The number of amides is 2. The number of allylic oxidation sites excluding steroid dienone is 1. The molecule has 5 heteroatoms. The van der Waals surface area contributed by atoms with Crippen LogP contribution in [0.15, 0.2) is 11.6 Å². The Labute approximate surface area is 108 Å². The summed E-state index contributed by atoms with van der Waals surface area (Å²) in [7, 11) is 1.51. The van der Waals surface area contributed by atoms with E-state index in [0.29, 0.717) is 13.0 Å². The number of hydrogen-bond acceptors (Lipinski definition) is 3. The fourth-order valence-electron chi connectivity index (χ4n) is 2.31. The van der Waals surface area contributed by atoms with Gasteiger partial charge in [-0.05, 0) is 26.2 Å². The van der Waals surface area contributed by atoms with E-state index in [1.54, 1.807) is 11.0 Å². The highest BCUT2D eigenvalue weighted by Gasteiger charge is 2.48. The molecular formula is C13H22N2O3. The number of nitrogens with two attached hydrogens (primary N) is 1. The topological polar surface area (TPSA) is 72.6 Å². The van der Waals surface area contributed by atoms with Gasteiger partial charge >= 0.3 is 0 Å². The van der Waals surface area contributed by atoms with Gasteiger partial charge < -0.3 is 15.4 Å². The van der Waals surface area contributed by atoms with Gasteiger partial charge in [0.05, 0.1) is 6.61 Å². The third-order valence-corrected chi connectivity index (χ3v) is 3.52. The first kappa shape index (κ1) is 14.7. The summed E-state index contributed by atoms with van der Waals surface area (Å²) in [4.78, 5) is 25.5. The Bertz CT molecular complexity index is 365. The van der Waals surface area contributed by atoms with Crippen molar-refractivity contribution < 1.29 is 14.3 Å². The van der Waals surface area contributed by atoms with Gasteiger partial charge in [0.1, 0.15) is 5.54 Å². The highest BCUT2D eigenvalue weighted by molar-refractivity contribution is 5.95. The van der Waals surface area contributed by atoms with E-state index in [1.165, 1.54) is 7.11 Å². The van der Waals surface area contributed by atoms with E-state index < -0.39 is 11.4 Å². The summed E-state index contributed by atoms with van der Waals surface area (Å²) in [6.45, 7) is 4.60. The number of ether oxygens (including phenoxy) is 1. The van der Waals surface area contributed by atoms with Crippen LogP contribution in [0.4, 0.5) is 0 Å². The molecule has 0 bridgehead atoms. The van der Waals surface area contributed by atoms with Crippen LogP contribution in [0.25, 0.3) is 0 Å². The molecule has 2 N–H and O–H groups in total. The lowest BCUT2D eigenvalue weighted by Gasteiger charge is -2.34. The fraction of sp³-hybridized carbons (Fsp3) is 0.692. The molecule has 102 valence electrons. The smallest absolute Gasteiger partial charge is 0.247 e. The highest BCUT2D eigenvalue weighted by atomic mass is 16.5. The molecule has 1 aliphatic rings. The standard InChI is InChI=1S/C13H22N2O3/c1-4-10(2)8-11(16)15-7-5-6-13(15,9-18-3)12(14)17/h8H,4-7,9H2,1-3H3,(H2,14,17)/b10-8+. The lowest BCUT2D eigenvalue weighted by Crippen LogP contribution is -2.58. The van der Waals surface area contributed by atoms with Gasteiger partial charge in [0.15, 0.2) is 0 Å². The van der Waals surface area contributed by atoms with Crippen LogP contribution in [0.2, 0.25) is 0 Å². The summed E-state index contributed by atoms with van der Waals surface area (Å²) >= 11 is 0. The van der Waals surface area contributed by atoms with E-state index in [1.807, 2.05) is 13.8 Å². The summed E-state index contributed by atoms with van der Waals surface area (Å²) in [5, 5.41) is 0. The second kappa shape index (κ2) is 6.00. The molecule has 0 aromatic carbocycles. The largest absolute Gasteiger partial charge is 0.382 e. The van der Waals surface area contributed by atoms with Gasteiger partial charge in [-0.25, -0.2) is 0 Å². The molecule has 5 nitrogen and oxygen atoms in total. The summed E-state index contributed by atoms with van der Waals surface area (Å²) in [5.41, 5.74) is 5.49. The molecule has 18 heavy (non-hydrogen) atoms. The molecule has 0 radical (unpaired) electrons. The van der Waals surface area contributed by atoms with E-state index in [0.717, 1.165) is 18.4 Å². The number of hydrogen-bond donors (Lipinski definition) is 1. The average molecular weight is 254 g/mol. The molecule has 1 rings (SSSR count). The zero-order valence-electron chi connectivity index (χ0n) is 11.4. The first-order valence-corrected chi connectivity index (χ1v) is 6.25. The van der Waals surface area contributed by atoms with Gasteiger partial charge in [0.2, 0.25) is 11.8 Å². The van der Waals surface area contributed by atoms with Crippen molar-refractivity contribution >= 4 is 11.8 Å². The normalized spacial score (nSPS) is 24.4. The lowest BCUT2D eigenvalue weighted by atomic mass is 9.96. The fourth-order valence-corrected chi connectivity index (χ4v) is 2.31. The van der Waals surface area contributed by atoms with Gasteiger partial charge in [-0.15, -0.1) is 0 Å². The Balaban J connectivity index is 2.99. The minimum Gasteiger partial charge on any atom is -0.382 e. The predicted molar refractivity (Wildman–Crippen MR) is 68.8 cm³/mol. The maximum absolute atomic E-state index is 12.2. The molecule has 0 aromatic rings. The molecule has 0 aliphatic carbocycles. The van der Waals surface area contributed by atoms with Gasteiger partial charge in [-0.3, -0.25) is 9.59 Å². The first-order chi connectivity index (χ1) is 8.47. The predicted octanol–water partition coefficient (Wildman–Crippen LogP) is 0.836. The Morgan fingerprint density at radius 3 is 2.67 bits per heavy atom. The van der Waals surface area contributed by atoms with Crippen molar-refractivity contribution in [2.75, 3.05) is 20.3 Å². The van der Waals surface area contributed by atoms with Crippen LogP contribution in [0.1, 0.15) is 33.1 Å². The third kappa shape index (κ3) is 2.72. The minimum atomic E-state index is -0.976. The second-order valence-corrected chi connectivity index (χ2v) is 4.77. The Hall–Kier alpha value is -1.36. The van der Waals surface area contributed by atoms with Crippen molar-refractivity contribution in [2.45, 2.75) is 38.6 Å². The average Bonchev–Trinajstić information content (AvgIpc) is 2.74. The summed E-state index contributed by atoms with van der Waals surface area (Å²) in [6, 6.07) is 0. The highest BCUT2D eigenvalue weighted by Crippen LogP contribution is 2.30. The number of nitrogens with zero attached hydrogens (tertiary/aromatic N) is 1. The molecule has 1 atom stereocenters. The number of likely N-dealkylation sites (tertiary alicyclic amines) is 1. The molecule has 1 saturated heterocycles. The van der Waals surface area contributed by atoms with Crippen LogP contribution in [-0.2, 0) is 14.3 Å². The number of methoxy groups -OCH3 is 1. The zero-order valence-corrected chi connectivity index (χ0v) is 11.4. The van der Waals surface area contributed by atoms with Crippen molar-refractivity contribution in [2.24, 2.45) is 5.73 Å². The van der Waals surface area contributed by atoms with E-state index in [2.05, 4.69) is 0 Å². The Morgan fingerprint density at radius 2 is 2.17 bits per heavy atom. The van der Waals surface area contributed by atoms with Crippen LogP contribution in [0, 0.1) is 0 Å². The quantitative estimate of drug-likeness (QED) is 0.739. The molecule has 0 aromatic heterocycles. The molecular weight excluding hydrogens is 232 g/mol. The van der Waals surface area contributed by atoms with Crippen molar-refractivity contribution in [3.63, 3.8) is 0 Å². The second-order valence-electron chi connectivity index (χ2n) is 4.77. The van der Waals surface area contributed by atoms with Crippen LogP contribution in [-0.4, -0.2) is 42.5 Å². The third-order valence-electron chi connectivity index (χ3n) is 3.52. The minimum absolute atomic E-state index is 0.150. The van der Waals surface area contributed by atoms with Gasteiger partial charge in [0.25, 0.3) is 0 Å². The van der Waals surface area contributed by atoms with E-state index >= 15 is 0 Å². The van der Waals surface area contributed by atoms with E-state index in [-0.39, 0.29) is 12.5 Å². The molecule has 1 unspecified atom stereocenters.